The van der Waals surface area contributed by atoms with Crippen molar-refractivity contribution in [3.8, 4) is 0 Å². The van der Waals surface area contributed by atoms with Gasteiger partial charge in [-0.05, 0) is 33.3 Å². The molecule has 1 rings (SSSR count). The molecule has 0 radical (unpaired) electrons. The molecule has 0 saturated heterocycles. The van der Waals surface area contributed by atoms with Crippen molar-refractivity contribution in [1.82, 2.24) is 10.3 Å². The Hall–Kier alpha value is -1.42. The topological polar surface area (TPSA) is 62.2 Å². The molecule has 1 aromatic heterocycles. The normalized spacial score (nSPS) is 15.3. The lowest BCUT2D eigenvalue weighted by atomic mass is 9.88. The maximum absolute atomic E-state index is 11.5. The van der Waals surface area contributed by atoms with Crippen molar-refractivity contribution in [3.63, 3.8) is 0 Å². The molecule has 0 bridgehead atoms. The molecule has 4 nitrogen and oxygen atoms in total. The van der Waals surface area contributed by atoms with E-state index < -0.39 is 11.5 Å². The molecule has 0 aromatic carbocycles. The van der Waals surface area contributed by atoms with E-state index in [0.29, 0.717) is 5.56 Å². The number of nitrogens with one attached hydrogen (secondary N) is 1. The van der Waals surface area contributed by atoms with E-state index in [1.54, 1.807) is 31.5 Å². The van der Waals surface area contributed by atoms with E-state index in [1.807, 2.05) is 20.8 Å². The van der Waals surface area contributed by atoms with Gasteiger partial charge in [-0.1, -0.05) is 13.0 Å². The van der Waals surface area contributed by atoms with E-state index in [9.17, 15) is 9.90 Å². The van der Waals surface area contributed by atoms with Crippen LogP contribution in [-0.4, -0.2) is 21.6 Å². The van der Waals surface area contributed by atoms with E-state index in [4.69, 9.17) is 0 Å². The molecular formula is C13H20N2O2. The van der Waals surface area contributed by atoms with Crippen molar-refractivity contribution in [2.75, 3.05) is 0 Å². The quantitative estimate of drug-likeness (QED) is 0.822. The molecule has 0 amide bonds. The first-order valence-corrected chi connectivity index (χ1v) is 5.75. The van der Waals surface area contributed by atoms with Crippen LogP contribution in [0.4, 0.5) is 0 Å². The molecule has 4 heteroatoms. The van der Waals surface area contributed by atoms with Crippen molar-refractivity contribution in [2.24, 2.45) is 0 Å². The minimum atomic E-state index is -1.12. The summed E-state index contributed by atoms with van der Waals surface area (Å²) in [7, 11) is 0. The molecular weight excluding hydrogens is 216 g/mol. The van der Waals surface area contributed by atoms with Crippen molar-refractivity contribution in [3.05, 3.63) is 30.1 Å². The maximum Gasteiger partial charge on any atom is 0.328 e. The summed E-state index contributed by atoms with van der Waals surface area (Å²) in [4.78, 5) is 15.5. The molecule has 0 saturated carbocycles. The summed E-state index contributed by atoms with van der Waals surface area (Å²) in [6.45, 7) is 7.68. The second kappa shape index (κ2) is 4.84. The number of nitrogens with zero attached hydrogens (tertiary/aromatic N) is 1. The van der Waals surface area contributed by atoms with Gasteiger partial charge in [-0.3, -0.25) is 10.3 Å². The first kappa shape index (κ1) is 13.6. The van der Waals surface area contributed by atoms with Gasteiger partial charge in [0.1, 0.15) is 5.54 Å². The van der Waals surface area contributed by atoms with Crippen LogP contribution in [0.25, 0.3) is 0 Å². The number of carboxylic acid groups (broad SMARTS) is 1. The lowest BCUT2D eigenvalue weighted by molar-refractivity contribution is -0.145. The van der Waals surface area contributed by atoms with Crippen molar-refractivity contribution >= 4 is 5.97 Å². The maximum atomic E-state index is 11.5. The molecule has 2 N–H and O–H groups in total. The fraction of sp³-hybridized carbons (Fsp3) is 0.538. The first-order valence-electron chi connectivity index (χ1n) is 5.75. The van der Waals surface area contributed by atoms with Gasteiger partial charge in [-0.2, -0.15) is 0 Å². The highest BCUT2D eigenvalue weighted by Gasteiger charge is 2.39. The van der Waals surface area contributed by atoms with Gasteiger partial charge in [0, 0.05) is 23.5 Å². The number of hydrogen-bond donors (Lipinski definition) is 2. The van der Waals surface area contributed by atoms with Crippen LogP contribution in [0.3, 0.4) is 0 Å². The Morgan fingerprint density at radius 1 is 1.47 bits per heavy atom. The summed E-state index contributed by atoms with van der Waals surface area (Å²) in [6.07, 6.45) is 4.07. The zero-order valence-corrected chi connectivity index (χ0v) is 10.8. The van der Waals surface area contributed by atoms with Gasteiger partial charge in [0.15, 0.2) is 0 Å². The minimum absolute atomic E-state index is 0.247. The van der Waals surface area contributed by atoms with Gasteiger partial charge >= 0.3 is 5.97 Å². The Kier molecular flexibility index (Phi) is 3.88. The van der Waals surface area contributed by atoms with Crippen LogP contribution in [0.15, 0.2) is 24.5 Å². The molecule has 1 heterocycles. The Morgan fingerprint density at radius 3 is 2.53 bits per heavy atom. The van der Waals surface area contributed by atoms with E-state index >= 15 is 0 Å². The van der Waals surface area contributed by atoms with E-state index in [-0.39, 0.29) is 5.54 Å². The van der Waals surface area contributed by atoms with Gasteiger partial charge in [0.2, 0.25) is 0 Å². The number of aromatic nitrogens is 1. The molecule has 0 aliphatic rings. The number of pyridine rings is 1. The monoisotopic (exact) mass is 236 g/mol. The van der Waals surface area contributed by atoms with Gasteiger partial charge in [0.05, 0.1) is 0 Å². The number of hydrogen-bond acceptors (Lipinski definition) is 3. The van der Waals surface area contributed by atoms with Crippen LogP contribution < -0.4 is 5.32 Å². The molecule has 0 aliphatic heterocycles. The van der Waals surface area contributed by atoms with Crippen LogP contribution in [0.1, 0.15) is 39.7 Å². The fourth-order valence-corrected chi connectivity index (χ4v) is 1.67. The number of carboxylic acids is 1. The molecule has 0 spiro atoms. The summed E-state index contributed by atoms with van der Waals surface area (Å²) >= 11 is 0. The SMILES string of the molecule is CCC(C)(C)NC(C)(C(=O)O)c1cccnc1. The summed E-state index contributed by atoms with van der Waals surface area (Å²) < 4.78 is 0. The highest BCUT2D eigenvalue weighted by atomic mass is 16.4. The second-order valence-electron chi connectivity index (χ2n) is 5.03. The van der Waals surface area contributed by atoms with E-state index in [0.717, 1.165) is 6.42 Å². The van der Waals surface area contributed by atoms with Gasteiger partial charge in [-0.15, -0.1) is 0 Å². The summed E-state index contributed by atoms with van der Waals surface area (Å²) in [5.74, 6) is -0.896. The number of aliphatic carboxylic acids is 1. The number of rotatable bonds is 5. The minimum Gasteiger partial charge on any atom is -0.480 e. The van der Waals surface area contributed by atoms with E-state index in [1.165, 1.54) is 0 Å². The summed E-state index contributed by atoms with van der Waals surface area (Å²) in [6, 6.07) is 3.52. The first-order chi connectivity index (χ1) is 7.82. The standard InChI is InChI=1S/C13H20N2O2/c1-5-12(2,3)15-13(4,11(16)17)10-7-6-8-14-9-10/h6-9,15H,5H2,1-4H3,(H,16,17). The Morgan fingerprint density at radius 2 is 2.12 bits per heavy atom. The molecule has 17 heavy (non-hydrogen) atoms. The Labute approximate surface area is 102 Å². The third-order valence-electron chi connectivity index (χ3n) is 3.14. The Balaban J connectivity index is 3.12. The predicted molar refractivity (Wildman–Crippen MR) is 66.7 cm³/mol. The second-order valence-corrected chi connectivity index (χ2v) is 5.03. The zero-order valence-electron chi connectivity index (χ0n) is 10.8. The summed E-state index contributed by atoms with van der Waals surface area (Å²) in [5.41, 5.74) is -0.703. The zero-order chi connectivity index (χ0) is 13.1. The van der Waals surface area contributed by atoms with Crippen molar-refractivity contribution < 1.29 is 9.90 Å². The highest BCUT2D eigenvalue weighted by molar-refractivity contribution is 5.80. The number of carbonyl (C=O) groups is 1. The molecule has 94 valence electrons. The van der Waals surface area contributed by atoms with Gasteiger partial charge in [0.25, 0.3) is 0 Å². The van der Waals surface area contributed by atoms with Crippen LogP contribution in [0.2, 0.25) is 0 Å². The third kappa shape index (κ3) is 3.03. The molecule has 0 aliphatic carbocycles. The van der Waals surface area contributed by atoms with Crippen molar-refractivity contribution in [2.45, 2.75) is 45.2 Å². The average Bonchev–Trinajstić information content (AvgIpc) is 2.29. The predicted octanol–water partition coefficient (Wildman–Crippen LogP) is 2.16. The third-order valence-corrected chi connectivity index (χ3v) is 3.14. The summed E-state index contributed by atoms with van der Waals surface area (Å²) in [5, 5.41) is 12.7. The van der Waals surface area contributed by atoms with Crippen LogP contribution >= 0.6 is 0 Å². The fourth-order valence-electron chi connectivity index (χ4n) is 1.67. The van der Waals surface area contributed by atoms with Crippen LogP contribution in [0, 0.1) is 0 Å². The highest BCUT2D eigenvalue weighted by Crippen LogP contribution is 2.24. The van der Waals surface area contributed by atoms with Crippen molar-refractivity contribution in [1.29, 1.82) is 0 Å². The lowest BCUT2D eigenvalue weighted by Crippen LogP contribution is -2.55. The lowest BCUT2D eigenvalue weighted by Gasteiger charge is -2.36. The van der Waals surface area contributed by atoms with Crippen LogP contribution in [0.5, 0.6) is 0 Å². The smallest absolute Gasteiger partial charge is 0.328 e. The average molecular weight is 236 g/mol. The van der Waals surface area contributed by atoms with Crippen LogP contribution in [-0.2, 0) is 10.3 Å². The Bertz CT molecular complexity index is 390. The van der Waals surface area contributed by atoms with E-state index in [2.05, 4.69) is 10.3 Å². The van der Waals surface area contributed by atoms with Gasteiger partial charge < -0.3 is 5.11 Å². The van der Waals surface area contributed by atoms with Gasteiger partial charge in [-0.25, -0.2) is 4.79 Å². The largest absolute Gasteiger partial charge is 0.480 e. The molecule has 1 unspecified atom stereocenters. The molecule has 1 atom stereocenters. The molecule has 0 fully saturated rings. The molecule has 1 aromatic rings.